The van der Waals surface area contributed by atoms with Crippen molar-refractivity contribution in [3.63, 3.8) is 0 Å². The minimum Gasteiger partial charge on any atom is -0.261 e. The van der Waals surface area contributed by atoms with Gasteiger partial charge in [0.1, 0.15) is 0 Å². The molecule has 2 rings (SSSR count). The van der Waals surface area contributed by atoms with Crippen molar-refractivity contribution in [3.05, 3.63) is 23.8 Å². The van der Waals surface area contributed by atoms with Crippen LogP contribution >= 0.6 is 0 Å². The lowest BCUT2D eigenvalue weighted by Crippen LogP contribution is -2.34. The highest BCUT2D eigenvalue weighted by Crippen LogP contribution is 2.42. The fraction of sp³-hybridized carbons (Fsp3) is 0.722. The first-order valence-corrected chi connectivity index (χ1v) is 8.50. The van der Waals surface area contributed by atoms with Crippen LogP contribution in [0.3, 0.4) is 0 Å². The number of nitriles is 1. The quantitative estimate of drug-likeness (QED) is 0.785. The third-order valence-corrected chi connectivity index (χ3v) is 5.10. The molecule has 6 heteroatoms. The van der Waals surface area contributed by atoms with Gasteiger partial charge in [0.05, 0.1) is 23.9 Å². The van der Waals surface area contributed by atoms with Crippen molar-refractivity contribution in [2.24, 2.45) is 29.6 Å². The maximum Gasteiger partial charge on any atom is 0.434 e. The number of nitrogens with zero attached hydrogens (tertiary/aromatic N) is 3. The highest BCUT2D eigenvalue weighted by molar-refractivity contribution is 5.08. The second kappa shape index (κ2) is 7.50. The summed E-state index contributed by atoms with van der Waals surface area (Å²) in [6, 6.07) is 2.44. The van der Waals surface area contributed by atoms with Crippen molar-refractivity contribution in [1.29, 1.82) is 5.26 Å². The van der Waals surface area contributed by atoms with Crippen LogP contribution in [0.1, 0.15) is 51.4 Å². The summed E-state index contributed by atoms with van der Waals surface area (Å²) in [5.74, 6) is 1.22. The average Bonchev–Trinajstić information content (AvgIpc) is 2.49. The molecule has 1 saturated carbocycles. The summed E-state index contributed by atoms with van der Waals surface area (Å²) in [5.41, 5.74) is -0.585. The number of rotatable bonds is 4. The maximum absolute atomic E-state index is 12.8. The van der Waals surface area contributed by atoms with E-state index in [2.05, 4.69) is 29.9 Å². The summed E-state index contributed by atoms with van der Waals surface area (Å²) in [5, 5.41) is 9.55. The number of alkyl halides is 3. The van der Waals surface area contributed by atoms with Gasteiger partial charge in [-0.2, -0.15) is 18.4 Å². The Hall–Kier alpha value is -1.64. The van der Waals surface area contributed by atoms with Crippen LogP contribution in [0.4, 0.5) is 13.2 Å². The van der Waals surface area contributed by atoms with Gasteiger partial charge in [0.25, 0.3) is 0 Å². The van der Waals surface area contributed by atoms with E-state index in [0.717, 1.165) is 25.5 Å². The summed E-state index contributed by atoms with van der Waals surface area (Å²) >= 11 is 0. The zero-order valence-corrected chi connectivity index (χ0v) is 14.3. The number of aromatic nitrogens is 2. The monoisotopic (exact) mass is 339 g/mol. The third kappa shape index (κ3) is 4.46. The van der Waals surface area contributed by atoms with E-state index in [0.29, 0.717) is 24.0 Å². The Morgan fingerprint density at radius 3 is 2.50 bits per heavy atom. The van der Waals surface area contributed by atoms with Gasteiger partial charge in [0.15, 0.2) is 5.69 Å². The fourth-order valence-electron chi connectivity index (χ4n) is 3.88. The molecule has 132 valence electrons. The standard InChI is InChI=1S/C18H24F3N3/c1-11(2)6-14-5-4-13(12(3)16(14)8-22)7-15-9-23-10-17(24-15)18(19,20)21/h9-14,16H,4-7H2,1-3H3. The van der Waals surface area contributed by atoms with E-state index >= 15 is 0 Å². The Labute approximate surface area is 141 Å². The molecule has 1 heterocycles. The molecule has 4 unspecified atom stereocenters. The Balaban J connectivity index is 2.10. The first kappa shape index (κ1) is 18.7. The van der Waals surface area contributed by atoms with E-state index in [1.54, 1.807) is 0 Å². The molecule has 1 fully saturated rings. The highest BCUT2D eigenvalue weighted by Gasteiger charge is 2.38. The number of hydrogen-bond donors (Lipinski definition) is 0. The van der Waals surface area contributed by atoms with Gasteiger partial charge in [-0.05, 0) is 49.4 Å². The van der Waals surface area contributed by atoms with E-state index in [1.165, 1.54) is 6.20 Å². The van der Waals surface area contributed by atoms with Crippen LogP contribution in [0.25, 0.3) is 0 Å². The Morgan fingerprint density at radius 2 is 1.92 bits per heavy atom. The van der Waals surface area contributed by atoms with E-state index in [4.69, 9.17) is 0 Å². The Morgan fingerprint density at radius 1 is 1.25 bits per heavy atom. The van der Waals surface area contributed by atoms with Gasteiger partial charge < -0.3 is 0 Å². The van der Waals surface area contributed by atoms with Gasteiger partial charge >= 0.3 is 6.18 Å². The second-order valence-electron chi connectivity index (χ2n) is 7.34. The molecule has 1 aliphatic rings. The molecule has 4 atom stereocenters. The van der Waals surface area contributed by atoms with Crippen molar-refractivity contribution in [2.45, 2.75) is 52.6 Å². The predicted octanol–water partition coefficient (Wildman–Crippen LogP) is 4.89. The predicted molar refractivity (Wildman–Crippen MR) is 84.7 cm³/mol. The average molecular weight is 339 g/mol. The molecule has 0 aliphatic heterocycles. The largest absolute Gasteiger partial charge is 0.434 e. The van der Waals surface area contributed by atoms with Crippen LogP contribution in [-0.4, -0.2) is 9.97 Å². The van der Waals surface area contributed by atoms with Crippen molar-refractivity contribution >= 4 is 0 Å². The summed E-state index contributed by atoms with van der Waals surface area (Å²) in [6.07, 6.45) is 1.04. The minimum atomic E-state index is -4.47. The molecule has 1 aromatic rings. The lowest BCUT2D eigenvalue weighted by atomic mass is 9.65. The second-order valence-corrected chi connectivity index (χ2v) is 7.34. The van der Waals surface area contributed by atoms with Crippen molar-refractivity contribution < 1.29 is 13.2 Å². The molecule has 0 amide bonds. The molecule has 0 bridgehead atoms. The molecule has 0 spiro atoms. The SMILES string of the molecule is CC(C)CC1CCC(Cc2cncc(C(F)(F)F)n2)C(C)C1C#N. The van der Waals surface area contributed by atoms with E-state index in [-0.39, 0.29) is 17.8 Å². The Kier molecular flexibility index (Phi) is 5.84. The summed E-state index contributed by atoms with van der Waals surface area (Å²) < 4.78 is 38.3. The van der Waals surface area contributed by atoms with Crippen LogP contribution in [0, 0.1) is 40.9 Å². The van der Waals surface area contributed by atoms with E-state index < -0.39 is 11.9 Å². The fourth-order valence-corrected chi connectivity index (χ4v) is 3.88. The highest BCUT2D eigenvalue weighted by atomic mass is 19.4. The molecule has 0 saturated heterocycles. The first-order chi connectivity index (χ1) is 11.2. The molecular weight excluding hydrogens is 315 g/mol. The lowest BCUT2D eigenvalue weighted by molar-refractivity contribution is -0.141. The van der Waals surface area contributed by atoms with Crippen molar-refractivity contribution in [1.82, 2.24) is 9.97 Å². The van der Waals surface area contributed by atoms with Gasteiger partial charge in [-0.1, -0.05) is 20.8 Å². The summed E-state index contributed by atoms with van der Waals surface area (Å²) in [7, 11) is 0. The van der Waals surface area contributed by atoms with Gasteiger partial charge in [-0.3, -0.25) is 4.98 Å². The zero-order chi connectivity index (χ0) is 17.9. The smallest absolute Gasteiger partial charge is 0.261 e. The van der Waals surface area contributed by atoms with Gasteiger partial charge in [-0.15, -0.1) is 0 Å². The molecule has 1 aromatic heterocycles. The Bertz CT molecular complexity index is 592. The minimum absolute atomic E-state index is 0.0371. The third-order valence-electron chi connectivity index (χ3n) is 5.10. The van der Waals surface area contributed by atoms with Gasteiger partial charge in [-0.25, -0.2) is 4.98 Å². The van der Waals surface area contributed by atoms with Gasteiger partial charge in [0.2, 0.25) is 0 Å². The van der Waals surface area contributed by atoms with Crippen LogP contribution in [0.2, 0.25) is 0 Å². The lowest BCUT2D eigenvalue weighted by Gasteiger charge is -2.39. The maximum atomic E-state index is 12.8. The molecule has 24 heavy (non-hydrogen) atoms. The van der Waals surface area contributed by atoms with E-state index in [9.17, 15) is 18.4 Å². The van der Waals surface area contributed by atoms with Crippen LogP contribution in [0.15, 0.2) is 12.4 Å². The normalized spacial score (nSPS) is 27.9. The van der Waals surface area contributed by atoms with Crippen molar-refractivity contribution in [3.8, 4) is 6.07 Å². The van der Waals surface area contributed by atoms with Gasteiger partial charge in [0, 0.05) is 6.20 Å². The number of halogens is 3. The van der Waals surface area contributed by atoms with Crippen LogP contribution < -0.4 is 0 Å². The summed E-state index contributed by atoms with van der Waals surface area (Å²) in [6.45, 7) is 6.36. The van der Waals surface area contributed by atoms with Crippen LogP contribution in [-0.2, 0) is 12.6 Å². The van der Waals surface area contributed by atoms with E-state index in [1.807, 2.05) is 6.92 Å². The molecular formula is C18H24F3N3. The molecule has 0 aromatic carbocycles. The van der Waals surface area contributed by atoms with Crippen molar-refractivity contribution in [2.75, 3.05) is 0 Å². The van der Waals surface area contributed by atoms with Crippen LogP contribution in [0.5, 0.6) is 0 Å². The molecule has 3 nitrogen and oxygen atoms in total. The topological polar surface area (TPSA) is 49.6 Å². The molecule has 0 radical (unpaired) electrons. The number of hydrogen-bond acceptors (Lipinski definition) is 3. The molecule has 0 N–H and O–H groups in total. The molecule has 1 aliphatic carbocycles. The first-order valence-electron chi connectivity index (χ1n) is 8.50. The summed E-state index contributed by atoms with van der Waals surface area (Å²) in [4.78, 5) is 7.41. The zero-order valence-electron chi connectivity index (χ0n) is 14.3.